The van der Waals surface area contributed by atoms with Gasteiger partial charge in [-0.25, -0.2) is 22.0 Å². The molecule has 0 unspecified atom stereocenters. The number of hydrogen-bond acceptors (Lipinski definition) is 2. The number of benzene rings is 1. The molecule has 0 bridgehead atoms. The van der Waals surface area contributed by atoms with Gasteiger partial charge in [0.05, 0.1) is 16.9 Å². The second-order valence-electron chi connectivity index (χ2n) is 3.90. The molecular formula is C12H7F5N2. The zero-order valence-electron chi connectivity index (χ0n) is 9.57. The van der Waals surface area contributed by atoms with E-state index in [-0.39, 0.29) is 5.69 Å². The third kappa shape index (κ3) is 2.00. The fourth-order valence-electron chi connectivity index (χ4n) is 1.61. The number of nitrogens with two attached hydrogens (primary N) is 1. The van der Waals surface area contributed by atoms with E-state index in [2.05, 4.69) is 4.98 Å². The van der Waals surface area contributed by atoms with E-state index in [1.54, 1.807) is 6.92 Å². The summed E-state index contributed by atoms with van der Waals surface area (Å²) >= 11 is 0. The van der Waals surface area contributed by atoms with Gasteiger partial charge in [-0.05, 0) is 18.6 Å². The lowest BCUT2D eigenvalue weighted by Crippen LogP contribution is -2.06. The molecule has 0 spiro atoms. The molecule has 0 aliphatic heterocycles. The van der Waals surface area contributed by atoms with Crippen molar-refractivity contribution in [2.45, 2.75) is 6.92 Å². The molecule has 0 fully saturated rings. The zero-order valence-corrected chi connectivity index (χ0v) is 9.57. The molecule has 2 N–H and O–H groups in total. The van der Waals surface area contributed by atoms with E-state index in [4.69, 9.17) is 5.73 Å². The summed E-state index contributed by atoms with van der Waals surface area (Å²) in [5.41, 5.74) is 4.29. The van der Waals surface area contributed by atoms with Crippen LogP contribution in [0.15, 0.2) is 12.3 Å². The van der Waals surface area contributed by atoms with Crippen molar-refractivity contribution in [3.63, 3.8) is 0 Å². The van der Waals surface area contributed by atoms with Crippen molar-refractivity contribution < 1.29 is 22.0 Å². The maximum atomic E-state index is 13.6. The molecule has 2 aromatic rings. The number of halogens is 5. The first-order chi connectivity index (χ1) is 8.84. The van der Waals surface area contributed by atoms with E-state index < -0.39 is 40.3 Å². The first-order valence-electron chi connectivity index (χ1n) is 5.08. The Balaban J connectivity index is 2.83. The van der Waals surface area contributed by atoms with Crippen LogP contribution in [0.4, 0.5) is 27.6 Å². The molecule has 1 aromatic carbocycles. The van der Waals surface area contributed by atoms with Gasteiger partial charge in [0.1, 0.15) is 0 Å². The van der Waals surface area contributed by atoms with Gasteiger partial charge >= 0.3 is 0 Å². The van der Waals surface area contributed by atoms with Gasteiger partial charge in [-0.3, -0.25) is 4.98 Å². The normalized spacial score (nSPS) is 10.8. The Labute approximate surface area is 104 Å². The Kier molecular flexibility index (Phi) is 3.13. The maximum absolute atomic E-state index is 13.6. The van der Waals surface area contributed by atoms with Gasteiger partial charge in [0.25, 0.3) is 0 Å². The number of aryl methyl sites for hydroxylation is 1. The van der Waals surface area contributed by atoms with Crippen molar-refractivity contribution in [2.75, 3.05) is 5.73 Å². The fourth-order valence-corrected chi connectivity index (χ4v) is 1.61. The third-order valence-electron chi connectivity index (χ3n) is 2.50. The van der Waals surface area contributed by atoms with Crippen LogP contribution >= 0.6 is 0 Å². The molecule has 0 aliphatic carbocycles. The van der Waals surface area contributed by atoms with Crippen molar-refractivity contribution in [1.29, 1.82) is 0 Å². The van der Waals surface area contributed by atoms with E-state index in [0.29, 0.717) is 5.56 Å². The lowest BCUT2D eigenvalue weighted by Gasteiger charge is -2.10. The van der Waals surface area contributed by atoms with Crippen LogP contribution in [0.25, 0.3) is 11.3 Å². The number of aromatic nitrogens is 1. The summed E-state index contributed by atoms with van der Waals surface area (Å²) in [6.07, 6.45) is 1.21. The zero-order chi connectivity index (χ0) is 14.3. The van der Waals surface area contributed by atoms with Gasteiger partial charge in [-0.2, -0.15) is 0 Å². The van der Waals surface area contributed by atoms with E-state index in [0.717, 1.165) is 0 Å². The SMILES string of the molecule is Cc1cnc(-c2c(F)c(F)c(F)c(F)c2F)c(N)c1. The molecule has 2 nitrogen and oxygen atoms in total. The maximum Gasteiger partial charge on any atom is 0.200 e. The Morgan fingerprint density at radius 2 is 1.37 bits per heavy atom. The topological polar surface area (TPSA) is 38.9 Å². The smallest absolute Gasteiger partial charge is 0.200 e. The predicted octanol–water partition coefficient (Wildman–Crippen LogP) is 3.33. The van der Waals surface area contributed by atoms with Crippen molar-refractivity contribution in [1.82, 2.24) is 4.98 Å². The van der Waals surface area contributed by atoms with E-state index in [9.17, 15) is 22.0 Å². The van der Waals surface area contributed by atoms with Crippen molar-refractivity contribution in [2.24, 2.45) is 0 Å². The summed E-state index contributed by atoms with van der Waals surface area (Å²) in [5.74, 6) is -10.2. The highest BCUT2D eigenvalue weighted by Gasteiger charge is 2.28. The molecule has 1 heterocycles. The molecule has 7 heteroatoms. The predicted molar refractivity (Wildman–Crippen MR) is 58.6 cm³/mol. The highest BCUT2D eigenvalue weighted by atomic mass is 19.2. The summed E-state index contributed by atoms with van der Waals surface area (Å²) in [4.78, 5) is 3.62. The summed E-state index contributed by atoms with van der Waals surface area (Å²) < 4.78 is 66.1. The Bertz CT molecular complexity index is 641. The average Bonchev–Trinajstić information content (AvgIpc) is 2.37. The van der Waals surface area contributed by atoms with Crippen LogP contribution in [0.5, 0.6) is 0 Å². The fraction of sp³-hybridized carbons (Fsp3) is 0.0833. The lowest BCUT2D eigenvalue weighted by molar-refractivity contribution is 0.381. The molecule has 1 aromatic heterocycles. The molecule has 0 atom stereocenters. The highest BCUT2D eigenvalue weighted by molar-refractivity contribution is 5.73. The summed E-state index contributed by atoms with van der Waals surface area (Å²) in [7, 11) is 0. The summed E-state index contributed by atoms with van der Waals surface area (Å²) in [6, 6.07) is 1.32. The number of nitrogen functional groups attached to an aromatic ring is 1. The van der Waals surface area contributed by atoms with E-state index in [1.165, 1.54) is 12.3 Å². The third-order valence-corrected chi connectivity index (χ3v) is 2.50. The van der Waals surface area contributed by atoms with Gasteiger partial charge in [0, 0.05) is 6.20 Å². The Morgan fingerprint density at radius 3 is 1.84 bits per heavy atom. The lowest BCUT2D eigenvalue weighted by atomic mass is 10.1. The van der Waals surface area contributed by atoms with Crippen molar-refractivity contribution in [3.05, 3.63) is 46.9 Å². The van der Waals surface area contributed by atoms with Crippen LogP contribution < -0.4 is 5.73 Å². The minimum atomic E-state index is -2.22. The van der Waals surface area contributed by atoms with Crippen LogP contribution in [-0.2, 0) is 0 Å². The molecule has 100 valence electrons. The number of hydrogen-bond donors (Lipinski definition) is 1. The molecular weight excluding hydrogens is 267 g/mol. The number of anilines is 1. The van der Waals surface area contributed by atoms with Gasteiger partial charge in [0.2, 0.25) is 5.82 Å². The molecule has 0 saturated carbocycles. The van der Waals surface area contributed by atoms with Crippen LogP contribution in [0.1, 0.15) is 5.56 Å². The number of nitrogens with zero attached hydrogens (tertiary/aromatic N) is 1. The van der Waals surface area contributed by atoms with Crippen molar-refractivity contribution in [3.8, 4) is 11.3 Å². The standard InChI is InChI=1S/C12H7F5N2/c1-4-2-5(18)12(19-3-4)6-7(13)9(15)11(17)10(16)8(6)14/h2-3H,18H2,1H3. The minimum Gasteiger partial charge on any atom is -0.397 e. The monoisotopic (exact) mass is 274 g/mol. The molecule has 19 heavy (non-hydrogen) atoms. The van der Waals surface area contributed by atoms with Gasteiger partial charge < -0.3 is 5.73 Å². The molecule has 0 aliphatic rings. The first-order valence-corrected chi connectivity index (χ1v) is 5.08. The highest BCUT2D eigenvalue weighted by Crippen LogP contribution is 2.33. The van der Waals surface area contributed by atoms with Gasteiger partial charge in [-0.1, -0.05) is 0 Å². The van der Waals surface area contributed by atoms with E-state index >= 15 is 0 Å². The van der Waals surface area contributed by atoms with Crippen LogP contribution in [0.3, 0.4) is 0 Å². The van der Waals surface area contributed by atoms with Crippen molar-refractivity contribution >= 4 is 5.69 Å². The molecule has 0 amide bonds. The van der Waals surface area contributed by atoms with Crippen LogP contribution in [0.2, 0.25) is 0 Å². The molecule has 0 radical (unpaired) electrons. The first kappa shape index (κ1) is 13.3. The largest absolute Gasteiger partial charge is 0.397 e. The minimum absolute atomic E-state index is 0.178. The Hall–Kier alpha value is -2.18. The number of rotatable bonds is 1. The van der Waals surface area contributed by atoms with Gasteiger partial charge in [-0.15, -0.1) is 0 Å². The van der Waals surface area contributed by atoms with Crippen LogP contribution in [0, 0.1) is 36.0 Å². The average molecular weight is 274 g/mol. The quantitative estimate of drug-likeness (QED) is 0.492. The molecule has 0 saturated heterocycles. The second kappa shape index (κ2) is 4.49. The second-order valence-corrected chi connectivity index (χ2v) is 3.90. The number of pyridine rings is 1. The molecule has 2 rings (SSSR count). The van der Waals surface area contributed by atoms with E-state index in [1.807, 2.05) is 0 Å². The Morgan fingerprint density at radius 1 is 0.895 bits per heavy atom. The van der Waals surface area contributed by atoms with Crippen LogP contribution in [-0.4, -0.2) is 4.98 Å². The van der Waals surface area contributed by atoms with Gasteiger partial charge in [0.15, 0.2) is 23.3 Å². The summed E-state index contributed by atoms with van der Waals surface area (Å²) in [5, 5.41) is 0. The summed E-state index contributed by atoms with van der Waals surface area (Å²) in [6.45, 7) is 1.62.